The Morgan fingerprint density at radius 1 is 0.308 bits per heavy atom. The van der Waals surface area contributed by atoms with Crippen molar-refractivity contribution in [3.8, 4) is 0 Å². The Hall–Kier alpha value is -1.94. The molecule has 0 rings (SSSR count). The number of unbranched alkanes of at least 4 members (excludes halogenated alkanes) is 33. The average molecular weight is 1340 g/mol. The lowest BCUT2D eigenvalue weighted by molar-refractivity contribution is -0.161. The third kappa shape index (κ3) is 63.9. The van der Waals surface area contributed by atoms with Crippen molar-refractivity contribution in [2.75, 3.05) is 39.6 Å². The predicted molar refractivity (Wildman–Crippen MR) is 367 cm³/mol. The maximum absolute atomic E-state index is 13.0. The lowest BCUT2D eigenvalue weighted by atomic mass is 9.99. The highest BCUT2D eigenvalue weighted by atomic mass is 31.2. The molecule has 0 amide bonds. The molecule has 17 nitrogen and oxygen atoms in total. The highest BCUT2D eigenvalue weighted by Gasteiger charge is 2.30. The molecule has 0 aromatic rings. The van der Waals surface area contributed by atoms with Crippen LogP contribution in [0.4, 0.5) is 0 Å². The summed E-state index contributed by atoms with van der Waals surface area (Å²) in [5.41, 5.74) is 0. The van der Waals surface area contributed by atoms with Crippen LogP contribution in [0.25, 0.3) is 0 Å². The lowest BCUT2D eigenvalue weighted by Gasteiger charge is -2.21. The quantitative estimate of drug-likeness (QED) is 0.0222. The second-order valence-corrected chi connectivity index (χ2v) is 30.3. The molecule has 0 fully saturated rings. The van der Waals surface area contributed by atoms with Gasteiger partial charge in [-0.25, -0.2) is 9.13 Å². The SMILES string of the molecule is CCC(C)CCCCCCCCCCCCCCCCC(=O)OC[C@H](COP(=O)(O)OC[C@@H](O)COP(=O)(O)OC[C@@H](COC(=O)CCCCCCCCC(C)C)OC(=O)CCCCCCCCC(C)CC)OC(=O)CCCCCCCCCCCCCC(C)C. The van der Waals surface area contributed by atoms with Gasteiger partial charge in [-0.2, -0.15) is 0 Å². The molecule has 4 unspecified atom stereocenters. The van der Waals surface area contributed by atoms with E-state index < -0.39 is 97.5 Å². The first kappa shape index (κ1) is 89.1. The van der Waals surface area contributed by atoms with Gasteiger partial charge < -0.3 is 33.8 Å². The smallest absolute Gasteiger partial charge is 0.462 e. The van der Waals surface area contributed by atoms with Crippen molar-refractivity contribution in [2.24, 2.45) is 23.7 Å². The van der Waals surface area contributed by atoms with Crippen LogP contribution in [0.5, 0.6) is 0 Å². The van der Waals surface area contributed by atoms with Crippen LogP contribution in [-0.2, 0) is 65.4 Å². The zero-order valence-electron chi connectivity index (χ0n) is 59.5. The highest BCUT2D eigenvalue weighted by molar-refractivity contribution is 7.47. The number of carbonyl (C=O) groups excluding carboxylic acids is 4. The number of ether oxygens (including phenoxy) is 4. The van der Waals surface area contributed by atoms with Crippen LogP contribution in [0.3, 0.4) is 0 Å². The average Bonchev–Trinajstić information content (AvgIpc) is 3.68. The second kappa shape index (κ2) is 61.6. The molecule has 3 N–H and O–H groups in total. The number of hydrogen-bond donors (Lipinski definition) is 3. The predicted octanol–water partition coefficient (Wildman–Crippen LogP) is 20.5. The summed E-state index contributed by atoms with van der Waals surface area (Å²) in [5.74, 6) is 0.884. The molecule has 0 aliphatic rings. The van der Waals surface area contributed by atoms with Crippen molar-refractivity contribution in [1.82, 2.24) is 0 Å². The minimum absolute atomic E-state index is 0.101. The Labute approximate surface area is 556 Å². The Bertz CT molecular complexity index is 1800. The van der Waals surface area contributed by atoms with Gasteiger partial charge in [0.25, 0.3) is 0 Å². The number of carbonyl (C=O) groups is 4. The third-order valence-electron chi connectivity index (χ3n) is 17.3. The summed E-state index contributed by atoms with van der Waals surface area (Å²) < 4.78 is 68.3. The number of aliphatic hydroxyl groups is 1. The maximum Gasteiger partial charge on any atom is 0.472 e. The van der Waals surface area contributed by atoms with E-state index in [4.69, 9.17) is 37.0 Å². The summed E-state index contributed by atoms with van der Waals surface area (Å²) in [7, 11) is -9.90. The number of esters is 4. The van der Waals surface area contributed by atoms with Gasteiger partial charge in [-0.15, -0.1) is 0 Å². The molecule has 0 heterocycles. The fourth-order valence-electron chi connectivity index (χ4n) is 10.8. The molecule has 0 saturated heterocycles. The molecule has 0 bridgehead atoms. The summed E-state index contributed by atoms with van der Waals surface area (Å²) in [6.45, 7) is 14.1. The van der Waals surface area contributed by atoms with Crippen LogP contribution >= 0.6 is 15.6 Å². The van der Waals surface area contributed by atoms with E-state index in [-0.39, 0.29) is 25.7 Å². The number of rotatable bonds is 69. The molecule has 0 aromatic heterocycles. The molecule has 0 aromatic carbocycles. The molecule has 0 saturated carbocycles. The first-order chi connectivity index (χ1) is 43.7. The van der Waals surface area contributed by atoms with Crippen LogP contribution in [-0.4, -0.2) is 96.7 Å². The first-order valence-electron chi connectivity index (χ1n) is 37.3. The molecular formula is C72H140O17P2. The summed E-state index contributed by atoms with van der Waals surface area (Å²) in [4.78, 5) is 72.6. The van der Waals surface area contributed by atoms with Gasteiger partial charge in [-0.1, -0.05) is 306 Å². The van der Waals surface area contributed by atoms with Gasteiger partial charge in [0.1, 0.15) is 19.3 Å². The van der Waals surface area contributed by atoms with Crippen LogP contribution in [0.2, 0.25) is 0 Å². The molecular weight excluding hydrogens is 1200 g/mol. The molecule has 0 radical (unpaired) electrons. The van der Waals surface area contributed by atoms with Crippen LogP contribution in [0.15, 0.2) is 0 Å². The maximum atomic E-state index is 13.0. The Kier molecular flexibility index (Phi) is 60.3. The van der Waals surface area contributed by atoms with Gasteiger partial charge in [0.05, 0.1) is 26.4 Å². The van der Waals surface area contributed by atoms with Crippen molar-refractivity contribution in [3.63, 3.8) is 0 Å². The Morgan fingerprint density at radius 3 is 0.780 bits per heavy atom. The van der Waals surface area contributed by atoms with E-state index in [0.717, 1.165) is 114 Å². The molecule has 19 heteroatoms. The van der Waals surface area contributed by atoms with E-state index in [9.17, 15) is 43.2 Å². The summed E-state index contributed by atoms with van der Waals surface area (Å²) >= 11 is 0. The molecule has 91 heavy (non-hydrogen) atoms. The summed E-state index contributed by atoms with van der Waals surface area (Å²) in [6, 6.07) is 0. The standard InChI is InChI=1S/C72H140O17P2/c1-9-64(7)50-42-34-25-21-17-13-11-12-14-18-22-26-36-44-52-69(74)82-58-67(88-71(76)54-46-38-27-23-19-15-16-20-24-32-40-48-62(3)4)60-86-90(78,79)84-56-66(73)57-85-91(80,81)87-61-68(59-83-70(75)53-45-37-30-28-33-41-49-63(5)6)89-72(77)55-47-39-31-29-35-43-51-65(8)10-2/h62-68,73H,9-61H2,1-8H3,(H,78,79)(H,80,81)/t64?,65?,66-,67-,68-/m1/s1. The zero-order valence-corrected chi connectivity index (χ0v) is 61.3. The summed E-state index contributed by atoms with van der Waals surface area (Å²) in [6.07, 6.45) is 44.6. The van der Waals surface area contributed by atoms with Crippen LogP contribution < -0.4 is 0 Å². The Balaban J connectivity index is 5.22. The number of aliphatic hydroxyl groups excluding tert-OH is 1. The van der Waals surface area contributed by atoms with Gasteiger partial charge in [-0.05, 0) is 49.4 Å². The minimum Gasteiger partial charge on any atom is -0.462 e. The van der Waals surface area contributed by atoms with Gasteiger partial charge in [-0.3, -0.25) is 37.3 Å². The Morgan fingerprint density at radius 2 is 0.527 bits per heavy atom. The molecule has 0 aliphatic carbocycles. The van der Waals surface area contributed by atoms with Crippen LogP contribution in [0, 0.1) is 23.7 Å². The van der Waals surface area contributed by atoms with Gasteiger partial charge in [0.15, 0.2) is 12.2 Å². The number of phosphoric ester groups is 2. The van der Waals surface area contributed by atoms with Crippen molar-refractivity contribution in [2.45, 2.75) is 375 Å². The van der Waals surface area contributed by atoms with E-state index >= 15 is 0 Å². The third-order valence-corrected chi connectivity index (χ3v) is 19.2. The van der Waals surface area contributed by atoms with Gasteiger partial charge >= 0.3 is 39.5 Å². The highest BCUT2D eigenvalue weighted by Crippen LogP contribution is 2.45. The monoisotopic (exact) mass is 1340 g/mol. The number of hydrogen-bond acceptors (Lipinski definition) is 15. The van der Waals surface area contributed by atoms with Crippen molar-refractivity contribution in [3.05, 3.63) is 0 Å². The van der Waals surface area contributed by atoms with E-state index in [0.29, 0.717) is 31.6 Å². The fraction of sp³-hybridized carbons (Fsp3) is 0.944. The topological polar surface area (TPSA) is 237 Å². The first-order valence-corrected chi connectivity index (χ1v) is 40.3. The molecule has 7 atom stereocenters. The molecule has 540 valence electrons. The zero-order chi connectivity index (χ0) is 67.5. The van der Waals surface area contributed by atoms with E-state index in [1.54, 1.807) is 0 Å². The van der Waals surface area contributed by atoms with E-state index in [2.05, 4.69) is 55.4 Å². The van der Waals surface area contributed by atoms with Gasteiger partial charge in [0, 0.05) is 25.7 Å². The van der Waals surface area contributed by atoms with Crippen molar-refractivity contribution >= 4 is 39.5 Å². The molecule has 0 aliphatic heterocycles. The minimum atomic E-state index is -4.95. The largest absolute Gasteiger partial charge is 0.472 e. The lowest BCUT2D eigenvalue weighted by Crippen LogP contribution is -2.30. The van der Waals surface area contributed by atoms with E-state index in [1.807, 2.05) is 0 Å². The number of phosphoric acid groups is 2. The van der Waals surface area contributed by atoms with E-state index in [1.165, 1.54) is 154 Å². The fourth-order valence-corrected chi connectivity index (χ4v) is 12.4. The van der Waals surface area contributed by atoms with Crippen LogP contribution in [0.1, 0.15) is 357 Å². The normalized spacial score (nSPS) is 14.8. The summed E-state index contributed by atoms with van der Waals surface area (Å²) in [5, 5.41) is 10.6. The second-order valence-electron chi connectivity index (χ2n) is 27.4. The van der Waals surface area contributed by atoms with Crippen molar-refractivity contribution < 1.29 is 80.2 Å². The van der Waals surface area contributed by atoms with Crippen molar-refractivity contribution in [1.29, 1.82) is 0 Å². The van der Waals surface area contributed by atoms with Gasteiger partial charge in [0.2, 0.25) is 0 Å². The molecule has 0 spiro atoms.